The molecule has 0 bridgehead atoms. The summed E-state index contributed by atoms with van der Waals surface area (Å²) in [4.78, 5) is 14.3. The molecule has 5 heteroatoms. The minimum Gasteiger partial charge on any atom is -0.465 e. The van der Waals surface area contributed by atoms with Crippen LogP contribution in [0.5, 0.6) is 0 Å². The lowest BCUT2D eigenvalue weighted by molar-refractivity contribution is -0.180. The second-order valence-electron chi connectivity index (χ2n) is 6.98. The molecule has 0 saturated carbocycles. The topological polar surface area (TPSA) is 50.8 Å². The highest BCUT2D eigenvalue weighted by Crippen LogP contribution is 2.28. The number of likely N-dealkylation sites (N-methyl/N-ethyl adjacent to an activating group) is 1. The van der Waals surface area contributed by atoms with Gasteiger partial charge in [0.15, 0.2) is 0 Å². The predicted molar refractivity (Wildman–Crippen MR) is 84.4 cm³/mol. The number of esters is 1. The lowest BCUT2D eigenvalue weighted by Crippen LogP contribution is -2.57. The molecule has 0 aromatic rings. The Kier molecular flexibility index (Phi) is 6.63. The van der Waals surface area contributed by atoms with Crippen LogP contribution in [0.25, 0.3) is 0 Å². The van der Waals surface area contributed by atoms with Crippen molar-refractivity contribution in [2.75, 3.05) is 32.8 Å². The largest absolute Gasteiger partial charge is 0.465 e. The van der Waals surface area contributed by atoms with E-state index in [1.165, 1.54) is 0 Å². The first-order valence-corrected chi connectivity index (χ1v) is 8.01. The van der Waals surface area contributed by atoms with Crippen molar-refractivity contribution in [1.82, 2.24) is 10.2 Å². The van der Waals surface area contributed by atoms with Crippen molar-refractivity contribution in [3.8, 4) is 0 Å². The maximum absolute atomic E-state index is 11.9. The van der Waals surface area contributed by atoms with Crippen molar-refractivity contribution in [1.29, 1.82) is 0 Å². The Morgan fingerprint density at radius 1 is 1.24 bits per heavy atom. The fraction of sp³-hybridized carbons (Fsp3) is 0.938. The average Bonchev–Trinajstić information content (AvgIpc) is 2.30. The van der Waals surface area contributed by atoms with E-state index in [1.54, 1.807) is 0 Å². The van der Waals surface area contributed by atoms with Gasteiger partial charge in [0, 0.05) is 19.6 Å². The summed E-state index contributed by atoms with van der Waals surface area (Å²) in [7, 11) is 0. The smallest absolute Gasteiger partial charge is 0.323 e. The van der Waals surface area contributed by atoms with E-state index in [0.29, 0.717) is 6.61 Å². The Labute approximate surface area is 129 Å². The lowest BCUT2D eigenvalue weighted by atomic mass is 9.98. The van der Waals surface area contributed by atoms with Crippen LogP contribution in [0.4, 0.5) is 0 Å². The number of hydrogen-bond acceptors (Lipinski definition) is 5. The molecule has 1 aliphatic heterocycles. The molecule has 1 aliphatic rings. The molecule has 1 fully saturated rings. The molecule has 1 rings (SSSR count). The molecule has 1 atom stereocenters. The third-order valence-corrected chi connectivity index (χ3v) is 3.52. The minimum atomic E-state index is -0.219. The summed E-state index contributed by atoms with van der Waals surface area (Å²) < 4.78 is 11.2. The van der Waals surface area contributed by atoms with Gasteiger partial charge in [0.05, 0.1) is 17.8 Å². The van der Waals surface area contributed by atoms with Gasteiger partial charge >= 0.3 is 5.97 Å². The van der Waals surface area contributed by atoms with E-state index in [4.69, 9.17) is 9.47 Å². The summed E-state index contributed by atoms with van der Waals surface area (Å²) in [6.45, 7) is 16.2. The molecule has 0 radical (unpaired) electrons. The van der Waals surface area contributed by atoms with Crippen molar-refractivity contribution in [2.24, 2.45) is 0 Å². The minimum absolute atomic E-state index is 0.147. The molecule has 1 N–H and O–H groups in total. The normalized spacial score (nSPS) is 22.8. The Morgan fingerprint density at radius 2 is 1.81 bits per heavy atom. The second kappa shape index (κ2) is 7.56. The highest BCUT2D eigenvalue weighted by Gasteiger charge is 2.38. The van der Waals surface area contributed by atoms with Gasteiger partial charge in [0.2, 0.25) is 0 Å². The molecule has 1 saturated heterocycles. The fourth-order valence-electron chi connectivity index (χ4n) is 3.21. The fourth-order valence-corrected chi connectivity index (χ4v) is 3.21. The van der Waals surface area contributed by atoms with Crippen LogP contribution in [0, 0.1) is 0 Å². The Morgan fingerprint density at radius 3 is 2.29 bits per heavy atom. The van der Waals surface area contributed by atoms with Crippen LogP contribution in [-0.4, -0.2) is 60.9 Å². The second-order valence-corrected chi connectivity index (χ2v) is 6.98. The summed E-state index contributed by atoms with van der Waals surface area (Å²) in [5.41, 5.74) is -0.307. The quantitative estimate of drug-likeness (QED) is 0.727. The highest BCUT2D eigenvalue weighted by molar-refractivity contribution is 5.75. The van der Waals surface area contributed by atoms with Gasteiger partial charge in [-0.25, -0.2) is 0 Å². The van der Waals surface area contributed by atoms with Gasteiger partial charge < -0.3 is 14.8 Å². The summed E-state index contributed by atoms with van der Waals surface area (Å²) in [6, 6.07) is -0.219. The zero-order valence-electron chi connectivity index (χ0n) is 14.5. The maximum atomic E-state index is 11.9. The predicted octanol–water partition coefficient (Wildman–Crippen LogP) is 1.81. The number of nitrogens with zero attached hydrogens (tertiary/aromatic N) is 1. The summed E-state index contributed by atoms with van der Waals surface area (Å²) in [5.74, 6) is -0.147. The van der Waals surface area contributed by atoms with Crippen LogP contribution in [0.2, 0.25) is 0 Å². The Hall–Kier alpha value is -0.650. The number of carbonyl (C=O) groups is 1. The molecule has 0 spiro atoms. The van der Waals surface area contributed by atoms with E-state index in [1.807, 2.05) is 13.8 Å². The van der Waals surface area contributed by atoms with Gasteiger partial charge in [-0.1, -0.05) is 6.92 Å². The van der Waals surface area contributed by atoms with E-state index >= 15 is 0 Å². The zero-order chi connectivity index (χ0) is 16.1. The van der Waals surface area contributed by atoms with Gasteiger partial charge in [0.1, 0.15) is 6.04 Å². The summed E-state index contributed by atoms with van der Waals surface area (Å²) >= 11 is 0. The number of ether oxygens (including phenoxy) is 2. The first-order valence-electron chi connectivity index (χ1n) is 8.01. The standard InChI is InChI=1S/C16H32N2O3/c1-7-17-13(14(19)20-8-2)9-10-18-11-15(3,4)21-16(5,6)12-18/h13,17H,7-12H2,1-6H3. The molecule has 0 aliphatic carbocycles. The molecule has 0 aromatic carbocycles. The molecule has 5 nitrogen and oxygen atoms in total. The monoisotopic (exact) mass is 300 g/mol. The average molecular weight is 300 g/mol. The molecule has 124 valence electrons. The van der Waals surface area contributed by atoms with Crippen LogP contribution in [0.1, 0.15) is 48.0 Å². The summed E-state index contributed by atoms with van der Waals surface area (Å²) in [6.07, 6.45) is 0.763. The van der Waals surface area contributed by atoms with E-state index in [2.05, 4.69) is 37.9 Å². The molecular formula is C16H32N2O3. The van der Waals surface area contributed by atoms with Crippen LogP contribution in [-0.2, 0) is 14.3 Å². The van der Waals surface area contributed by atoms with Crippen molar-refractivity contribution in [3.05, 3.63) is 0 Å². The molecule has 1 unspecified atom stereocenters. The Balaban J connectivity index is 2.56. The van der Waals surface area contributed by atoms with Gasteiger partial charge in [-0.3, -0.25) is 9.69 Å². The first kappa shape index (κ1) is 18.4. The number of rotatable bonds is 7. The molecular weight excluding hydrogens is 268 g/mol. The van der Waals surface area contributed by atoms with Gasteiger partial charge in [-0.15, -0.1) is 0 Å². The van der Waals surface area contributed by atoms with Crippen LogP contribution >= 0.6 is 0 Å². The van der Waals surface area contributed by atoms with Crippen molar-refractivity contribution in [3.63, 3.8) is 0 Å². The molecule has 21 heavy (non-hydrogen) atoms. The summed E-state index contributed by atoms with van der Waals surface area (Å²) in [5, 5.41) is 3.22. The van der Waals surface area contributed by atoms with Gasteiger partial charge in [-0.2, -0.15) is 0 Å². The Bertz CT molecular complexity index is 326. The van der Waals surface area contributed by atoms with Gasteiger partial charge in [-0.05, 0) is 47.6 Å². The third-order valence-electron chi connectivity index (χ3n) is 3.52. The van der Waals surface area contributed by atoms with Crippen LogP contribution in [0.15, 0.2) is 0 Å². The van der Waals surface area contributed by atoms with E-state index < -0.39 is 0 Å². The van der Waals surface area contributed by atoms with Gasteiger partial charge in [0.25, 0.3) is 0 Å². The lowest BCUT2D eigenvalue weighted by Gasteiger charge is -2.47. The van der Waals surface area contributed by atoms with Crippen molar-refractivity contribution < 1.29 is 14.3 Å². The molecule has 0 aromatic heterocycles. The number of nitrogens with one attached hydrogen (secondary N) is 1. The van der Waals surface area contributed by atoms with E-state index in [9.17, 15) is 4.79 Å². The molecule has 0 amide bonds. The number of carbonyl (C=O) groups excluding carboxylic acids is 1. The zero-order valence-corrected chi connectivity index (χ0v) is 14.5. The third kappa shape index (κ3) is 6.32. The van der Waals surface area contributed by atoms with Crippen LogP contribution < -0.4 is 5.32 Å². The maximum Gasteiger partial charge on any atom is 0.323 e. The van der Waals surface area contributed by atoms with Crippen LogP contribution in [0.3, 0.4) is 0 Å². The highest BCUT2D eigenvalue weighted by atomic mass is 16.5. The number of hydrogen-bond donors (Lipinski definition) is 1. The van der Waals surface area contributed by atoms with E-state index in [0.717, 1.165) is 32.6 Å². The SMILES string of the molecule is CCNC(CCN1CC(C)(C)OC(C)(C)C1)C(=O)OCC. The number of morpholine rings is 1. The molecule has 1 heterocycles. The van der Waals surface area contributed by atoms with E-state index in [-0.39, 0.29) is 23.2 Å². The van der Waals surface area contributed by atoms with Crippen molar-refractivity contribution in [2.45, 2.75) is 65.2 Å². The van der Waals surface area contributed by atoms with Crippen molar-refractivity contribution >= 4 is 5.97 Å². The first-order chi connectivity index (χ1) is 9.69.